The van der Waals surface area contributed by atoms with Crippen LogP contribution in [0.3, 0.4) is 0 Å². The first-order chi connectivity index (χ1) is 11.2. The fraction of sp³-hybridized carbons (Fsp3) is 0.312. The Bertz CT molecular complexity index is 961. The molecule has 0 aliphatic carbocycles. The lowest BCUT2D eigenvalue weighted by Gasteiger charge is -2.12. The number of ether oxygens (including phenoxy) is 2. The Balaban J connectivity index is 2.05. The molecular weight excluding hydrogens is 312 g/mol. The van der Waals surface area contributed by atoms with E-state index >= 15 is 0 Å². The molecule has 6 nitrogen and oxygen atoms in total. The summed E-state index contributed by atoms with van der Waals surface area (Å²) in [7, 11) is 0. The van der Waals surface area contributed by atoms with Crippen molar-refractivity contribution in [2.24, 2.45) is 0 Å². The number of rotatable bonds is 3. The third kappa shape index (κ3) is 2.28. The molecule has 0 amide bonds. The maximum absolute atomic E-state index is 5.54. The van der Waals surface area contributed by atoms with Crippen molar-refractivity contribution in [1.29, 1.82) is 0 Å². The topological polar surface area (TPSA) is 66.8 Å². The van der Waals surface area contributed by atoms with Crippen molar-refractivity contribution in [2.45, 2.75) is 26.7 Å². The number of nitrogens with zero attached hydrogens (tertiary/aromatic N) is 2. The van der Waals surface area contributed by atoms with Gasteiger partial charge in [0, 0.05) is 11.8 Å². The summed E-state index contributed by atoms with van der Waals surface area (Å²) < 4.78 is 13.6. The smallest absolute Gasteiger partial charge is 0.421 e. The maximum atomic E-state index is 5.54. The standard InChI is InChI=1S/C16H16N4O2S/c1-3-4-12-11-7-14-13(21-8-22-14)6-10(11)5-9(2)20(12)15-17-16(23)19-18-15/h5-7H,3-4,8H2,1-2H3,(H-,17,18,19,23)/p+1. The first-order valence-electron chi connectivity index (χ1n) is 7.60. The second kappa shape index (κ2) is 5.34. The maximum Gasteiger partial charge on any atom is 0.421 e. The van der Waals surface area contributed by atoms with Crippen LogP contribution in [0.4, 0.5) is 0 Å². The van der Waals surface area contributed by atoms with Gasteiger partial charge in [0.2, 0.25) is 6.79 Å². The van der Waals surface area contributed by atoms with E-state index in [0.29, 0.717) is 10.7 Å². The van der Waals surface area contributed by atoms with Crippen LogP contribution in [0.25, 0.3) is 16.7 Å². The zero-order valence-corrected chi connectivity index (χ0v) is 13.8. The predicted molar refractivity (Wildman–Crippen MR) is 87.7 cm³/mol. The summed E-state index contributed by atoms with van der Waals surface area (Å²) in [6.07, 6.45) is 1.95. The van der Waals surface area contributed by atoms with Crippen LogP contribution in [0.2, 0.25) is 0 Å². The zero-order valence-electron chi connectivity index (χ0n) is 13.0. The molecule has 0 spiro atoms. The van der Waals surface area contributed by atoms with Crippen LogP contribution in [-0.4, -0.2) is 22.0 Å². The van der Waals surface area contributed by atoms with Crippen molar-refractivity contribution in [3.05, 3.63) is 34.4 Å². The molecule has 2 aromatic heterocycles. The number of H-pyrrole nitrogens is 2. The third-order valence-electron chi connectivity index (χ3n) is 4.03. The van der Waals surface area contributed by atoms with Crippen LogP contribution in [0, 0.1) is 11.7 Å². The average molecular weight is 329 g/mol. The highest BCUT2D eigenvalue weighted by molar-refractivity contribution is 7.71. The molecule has 0 fully saturated rings. The highest BCUT2D eigenvalue weighted by Crippen LogP contribution is 2.37. The predicted octanol–water partition coefficient (Wildman–Crippen LogP) is 2.89. The molecule has 1 aromatic carbocycles. The first-order valence-corrected chi connectivity index (χ1v) is 8.01. The first kappa shape index (κ1) is 14.2. The summed E-state index contributed by atoms with van der Waals surface area (Å²) in [5.74, 6) is 2.30. The molecule has 3 aromatic rings. The van der Waals surface area contributed by atoms with Gasteiger partial charge in [0.15, 0.2) is 11.5 Å². The monoisotopic (exact) mass is 329 g/mol. The Hall–Kier alpha value is -2.41. The molecule has 0 bridgehead atoms. The van der Waals surface area contributed by atoms with Crippen LogP contribution in [0.5, 0.6) is 11.5 Å². The largest absolute Gasteiger partial charge is 0.454 e. The molecule has 0 unspecified atom stereocenters. The minimum absolute atomic E-state index is 0.278. The summed E-state index contributed by atoms with van der Waals surface area (Å²) >= 11 is 5.10. The van der Waals surface area contributed by atoms with Crippen molar-refractivity contribution in [3.63, 3.8) is 0 Å². The van der Waals surface area contributed by atoms with Gasteiger partial charge >= 0.3 is 10.7 Å². The molecule has 3 heterocycles. The number of aromatic amines is 2. The van der Waals surface area contributed by atoms with Crippen LogP contribution >= 0.6 is 12.2 Å². The number of hydrogen-bond donors (Lipinski definition) is 2. The van der Waals surface area contributed by atoms with Crippen LogP contribution in [-0.2, 0) is 6.42 Å². The van der Waals surface area contributed by atoms with Gasteiger partial charge in [0.25, 0.3) is 0 Å². The van der Waals surface area contributed by atoms with Gasteiger partial charge in [-0.05, 0) is 54.1 Å². The van der Waals surface area contributed by atoms with Crippen molar-refractivity contribution in [3.8, 4) is 17.4 Å². The van der Waals surface area contributed by atoms with Crippen molar-refractivity contribution < 1.29 is 14.0 Å². The molecule has 0 atom stereocenters. The molecule has 1 aliphatic rings. The third-order valence-corrected chi connectivity index (χ3v) is 4.22. The molecule has 2 N–H and O–H groups in total. The SMILES string of the molecule is CCCc1c2cc3c(cc2cc(C)[n+]1-c1nc(=S)[nH][nH]1)OCO3. The lowest BCUT2D eigenvalue weighted by molar-refractivity contribution is -0.617. The molecule has 118 valence electrons. The van der Waals surface area contributed by atoms with E-state index in [4.69, 9.17) is 21.7 Å². The van der Waals surface area contributed by atoms with E-state index in [1.54, 1.807) is 0 Å². The van der Waals surface area contributed by atoms with Gasteiger partial charge < -0.3 is 9.47 Å². The second-order valence-electron chi connectivity index (χ2n) is 5.60. The Kier molecular flexibility index (Phi) is 3.30. The Morgan fingerprint density at radius 1 is 1.22 bits per heavy atom. The van der Waals surface area contributed by atoms with E-state index in [2.05, 4.69) is 45.7 Å². The lowest BCUT2D eigenvalue weighted by Crippen LogP contribution is -2.40. The Labute approximate surface area is 138 Å². The van der Waals surface area contributed by atoms with E-state index in [9.17, 15) is 0 Å². The summed E-state index contributed by atoms with van der Waals surface area (Å²) in [5.41, 5.74) is 2.26. The number of pyridine rings is 1. The van der Waals surface area contributed by atoms with Crippen molar-refractivity contribution >= 4 is 23.0 Å². The number of nitrogens with one attached hydrogen (secondary N) is 2. The van der Waals surface area contributed by atoms with Gasteiger partial charge in [-0.15, -0.1) is 0 Å². The van der Waals surface area contributed by atoms with Crippen molar-refractivity contribution in [2.75, 3.05) is 6.79 Å². The fourth-order valence-corrected chi connectivity index (χ4v) is 3.23. The summed E-state index contributed by atoms with van der Waals surface area (Å²) in [5, 5.41) is 8.19. The second-order valence-corrected chi connectivity index (χ2v) is 5.99. The molecule has 0 saturated carbocycles. The minimum Gasteiger partial charge on any atom is -0.454 e. The highest BCUT2D eigenvalue weighted by Gasteiger charge is 2.22. The van der Waals surface area contributed by atoms with Crippen molar-refractivity contribution in [1.82, 2.24) is 15.2 Å². The van der Waals surface area contributed by atoms with E-state index in [-0.39, 0.29) is 6.79 Å². The average Bonchev–Trinajstić information content (AvgIpc) is 3.14. The number of hydrogen-bond acceptors (Lipinski definition) is 4. The highest BCUT2D eigenvalue weighted by atomic mass is 32.1. The molecule has 0 saturated heterocycles. The molecule has 1 aliphatic heterocycles. The summed E-state index contributed by atoms with van der Waals surface area (Å²) in [6.45, 7) is 4.51. The van der Waals surface area contributed by atoms with Gasteiger partial charge in [-0.25, -0.2) is 9.67 Å². The molecule has 0 radical (unpaired) electrons. The summed E-state index contributed by atoms with van der Waals surface area (Å²) in [6, 6.07) is 6.23. The number of aromatic nitrogens is 4. The minimum atomic E-state index is 0.278. The number of aryl methyl sites for hydroxylation is 2. The van der Waals surface area contributed by atoms with Crippen LogP contribution in [0.1, 0.15) is 24.7 Å². The van der Waals surface area contributed by atoms with Gasteiger partial charge in [-0.2, -0.15) is 5.10 Å². The van der Waals surface area contributed by atoms with Gasteiger partial charge in [0.05, 0.1) is 11.4 Å². The number of fused-ring (bicyclic) bond motifs is 2. The van der Waals surface area contributed by atoms with E-state index < -0.39 is 0 Å². The van der Waals surface area contributed by atoms with E-state index in [0.717, 1.165) is 40.8 Å². The zero-order chi connectivity index (χ0) is 16.0. The van der Waals surface area contributed by atoms with Gasteiger partial charge in [-0.3, -0.25) is 0 Å². The summed E-state index contributed by atoms with van der Waals surface area (Å²) in [4.78, 5) is 4.37. The normalized spacial score (nSPS) is 13.0. The Morgan fingerprint density at radius 3 is 2.70 bits per heavy atom. The molecule has 4 rings (SSSR count). The lowest BCUT2D eigenvalue weighted by atomic mass is 10.0. The van der Waals surface area contributed by atoms with Gasteiger partial charge in [0.1, 0.15) is 0 Å². The van der Waals surface area contributed by atoms with E-state index in [1.807, 2.05) is 6.07 Å². The quantitative estimate of drug-likeness (QED) is 0.573. The molecule has 23 heavy (non-hydrogen) atoms. The van der Waals surface area contributed by atoms with Crippen LogP contribution < -0.4 is 14.0 Å². The van der Waals surface area contributed by atoms with Crippen LogP contribution in [0.15, 0.2) is 18.2 Å². The Morgan fingerprint density at radius 2 is 2.00 bits per heavy atom. The number of benzene rings is 1. The molecular formula is C16H17N4O2S+. The van der Waals surface area contributed by atoms with Gasteiger partial charge in [-0.1, -0.05) is 6.92 Å². The fourth-order valence-electron chi connectivity index (χ4n) is 3.10. The van der Waals surface area contributed by atoms with E-state index in [1.165, 1.54) is 5.69 Å². The molecule has 7 heteroatoms.